The molecule has 1 heterocycles. The minimum absolute atomic E-state index is 0.317. The third kappa shape index (κ3) is 8.06. The van der Waals surface area contributed by atoms with Crippen LogP contribution in [0.25, 0.3) is 0 Å². The number of alkyl carbamates (subject to hydrolysis) is 1. The fourth-order valence-corrected chi connectivity index (χ4v) is 2.13. The maximum absolute atomic E-state index is 11.5. The largest absolute Gasteiger partial charge is 0.444 e. The van der Waals surface area contributed by atoms with Gasteiger partial charge in [0.05, 0.1) is 0 Å². The van der Waals surface area contributed by atoms with E-state index in [0.717, 1.165) is 32.6 Å². The molecule has 0 aromatic rings. The topological polar surface area (TPSA) is 44.8 Å². The standard InChI is InChI=1S/C14H29N3O2/c1-14(2,3)19-13(18)15-7-5-9-17-10-6-8-16(4)11-12-17/h5-12H2,1-4H3,(H,15,18). The summed E-state index contributed by atoms with van der Waals surface area (Å²) in [7, 11) is 2.17. The zero-order valence-electron chi connectivity index (χ0n) is 12.9. The molecule has 19 heavy (non-hydrogen) atoms. The third-order valence-electron chi connectivity index (χ3n) is 3.13. The van der Waals surface area contributed by atoms with E-state index < -0.39 is 5.60 Å². The molecule has 0 saturated carbocycles. The molecule has 1 rings (SSSR count). The minimum atomic E-state index is -0.417. The van der Waals surface area contributed by atoms with Crippen molar-refractivity contribution < 1.29 is 9.53 Å². The average Bonchev–Trinajstić information content (AvgIpc) is 2.47. The van der Waals surface area contributed by atoms with E-state index in [1.165, 1.54) is 13.0 Å². The fraction of sp³-hybridized carbons (Fsp3) is 0.929. The van der Waals surface area contributed by atoms with Gasteiger partial charge in [-0.25, -0.2) is 4.79 Å². The Morgan fingerprint density at radius 3 is 2.63 bits per heavy atom. The molecule has 0 unspecified atom stereocenters. The van der Waals surface area contributed by atoms with Crippen molar-refractivity contribution in [3.05, 3.63) is 0 Å². The average molecular weight is 271 g/mol. The van der Waals surface area contributed by atoms with E-state index in [-0.39, 0.29) is 6.09 Å². The number of hydrogen-bond acceptors (Lipinski definition) is 4. The van der Waals surface area contributed by atoms with Gasteiger partial charge in [-0.2, -0.15) is 0 Å². The van der Waals surface area contributed by atoms with Crippen LogP contribution in [0, 0.1) is 0 Å². The van der Waals surface area contributed by atoms with Crippen LogP contribution in [0.3, 0.4) is 0 Å². The van der Waals surface area contributed by atoms with E-state index in [0.29, 0.717) is 6.54 Å². The fourth-order valence-electron chi connectivity index (χ4n) is 2.13. The second-order valence-corrected chi connectivity index (χ2v) is 6.28. The van der Waals surface area contributed by atoms with Crippen molar-refractivity contribution in [3.8, 4) is 0 Å². The maximum Gasteiger partial charge on any atom is 0.407 e. The van der Waals surface area contributed by atoms with Crippen molar-refractivity contribution in [1.29, 1.82) is 0 Å². The summed E-state index contributed by atoms with van der Waals surface area (Å²) in [5, 5.41) is 2.80. The Morgan fingerprint density at radius 1 is 1.21 bits per heavy atom. The molecule has 0 radical (unpaired) electrons. The van der Waals surface area contributed by atoms with E-state index in [2.05, 4.69) is 22.2 Å². The normalized spacial score (nSPS) is 18.9. The highest BCUT2D eigenvalue weighted by Gasteiger charge is 2.16. The Morgan fingerprint density at radius 2 is 1.95 bits per heavy atom. The minimum Gasteiger partial charge on any atom is -0.444 e. The smallest absolute Gasteiger partial charge is 0.407 e. The summed E-state index contributed by atoms with van der Waals surface area (Å²) in [6, 6.07) is 0. The molecular formula is C14H29N3O2. The van der Waals surface area contributed by atoms with Crippen molar-refractivity contribution in [1.82, 2.24) is 15.1 Å². The molecule has 0 spiro atoms. The Hall–Kier alpha value is -0.810. The monoisotopic (exact) mass is 271 g/mol. The van der Waals surface area contributed by atoms with E-state index in [1.54, 1.807) is 0 Å². The molecule has 0 atom stereocenters. The van der Waals surface area contributed by atoms with Crippen LogP contribution in [0.2, 0.25) is 0 Å². The summed E-state index contributed by atoms with van der Waals surface area (Å²) < 4.78 is 5.19. The summed E-state index contributed by atoms with van der Waals surface area (Å²) in [5.74, 6) is 0. The molecule has 1 aliphatic heterocycles. The predicted octanol–water partition coefficient (Wildman–Crippen LogP) is 1.54. The lowest BCUT2D eigenvalue weighted by atomic mass is 10.2. The molecule has 0 aromatic carbocycles. The zero-order valence-corrected chi connectivity index (χ0v) is 12.9. The summed E-state index contributed by atoms with van der Waals surface area (Å²) in [6.45, 7) is 12.0. The molecule has 1 saturated heterocycles. The number of amides is 1. The van der Waals surface area contributed by atoms with Gasteiger partial charge in [0.2, 0.25) is 0 Å². The Balaban J connectivity index is 2.08. The summed E-state index contributed by atoms with van der Waals surface area (Å²) in [6.07, 6.45) is 1.89. The van der Waals surface area contributed by atoms with E-state index in [1.807, 2.05) is 20.8 Å². The van der Waals surface area contributed by atoms with Gasteiger partial charge in [-0.15, -0.1) is 0 Å². The highest BCUT2D eigenvalue weighted by molar-refractivity contribution is 5.67. The number of hydrogen-bond donors (Lipinski definition) is 1. The molecule has 5 nitrogen and oxygen atoms in total. The van der Waals surface area contributed by atoms with Crippen molar-refractivity contribution in [2.75, 3.05) is 46.3 Å². The molecular weight excluding hydrogens is 242 g/mol. The van der Waals surface area contributed by atoms with Gasteiger partial charge in [-0.1, -0.05) is 0 Å². The number of carbonyl (C=O) groups excluding carboxylic acids is 1. The summed E-state index contributed by atoms with van der Waals surface area (Å²) >= 11 is 0. The van der Waals surface area contributed by atoms with Gasteiger partial charge >= 0.3 is 6.09 Å². The zero-order chi connectivity index (χ0) is 14.3. The Labute approximate surface area is 117 Å². The van der Waals surface area contributed by atoms with Gasteiger partial charge in [-0.3, -0.25) is 0 Å². The first-order valence-electron chi connectivity index (χ1n) is 7.24. The van der Waals surface area contributed by atoms with Crippen LogP contribution in [-0.2, 0) is 4.74 Å². The van der Waals surface area contributed by atoms with Gasteiger partial charge < -0.3 is 19.9 Å². The van der Waals surface area contributed by atoms with Gasteiger partial charge in [0.1, 0.15) is 5.60 Å². The van der Waals surface area contributed by atoms with Crippen LogP contribution in [-0.4, -0.2) is 67.8 Å². The molecule has 0 aliphatic carbocycles. The lowest BCUT2D eigenvalue weighted by molar-refractivity contribution is 0.0525. The third-order valence-corrected chi connectivity index (χ3v) is 3.13. The quantitative estimate of drug-likeness (QED) is 0.788. The number of ether oxygens (including phenoxy) is 1. The molecule has 1 aliphatic rings. The lowest BCUT2D eigenvalue weighted by Crippen LogP contribution is -2.35. The second kappa shape index (κ2) is 7.70. The maximum atomic E-state index is 11.5. The highest BCUT2D eigenvalue weighted by atomic mass is 16.6. The molecule has 112 valence electrons. The SMILES string of the molecule is CN1CCCN(CCCNC(=O)OC(C)(C)C)CC1. The molecule has 1 N–H and O–H groups in total. The number of rotatable bonds is 4. The summed E-state index contributed by atoms with van der Waals surface area (Å²) in [5.41, 5.74) is -0.417. The van der Waals surface area contributed by atoms with Crippen molar-refractivity contribution in [2.24, 2.45) is 0 Å². The van der Waals surface area contributed by atoms with Crippen LogP contribution in [0.15, 0.2) is 0 Å². The predicted molar refractivity (Wildman–Crippen MR) is 77.4 cm³/mol. The van der Waals surface area contributed by atoms with Crippen molar-refractivity contribution in [2.45, 2.75) is 39.2 Å². The number of nitrogens with one attached hydrogen (secondary N) is 1. The summed E-state index contributed by atoms with van der Waals surface area (Å²) in [4.78, 5) is 16.3. The van der Waals surface area contributed by atoms with Gasteiger partial charge in [0, 0.05) is 19.6 Å². The number of nitrogens with zero attached hydrogens (tertiary/aromatic N) is 2. The second-order valence-electron chi connectivity index (χ2n) is 6.28. The van der Waals surface area contributed by atoms with Crippen molar-refractivity contribution >= 4 is 6.09 Å². The number of carbonyl (C=O) groups is 1. The molecule has 5 heteroatoms. The Kier molecular flexibility index (Phi) is 6.58. The van der Waals surface area contributed by atoms with Crippen LogP contribution < -0.4 is 5.32 Å². The number of likely N-dealkylation sites (N-methyl/N-ethyl adjacent to an activating group) is 1. The molecule has 0 aromatic heterocycles. The van der Waals surface area contributed by atoms with Gasteiger partial charge in [0.15, 0.2) is 0 Å². The lowest BCUT2D eigenvalue weighted by Gasteiger charge is -2.21. The van der Waals surface area contributed by atoms with Gasteiger partial charge in [-0.05, 0) is 60.3 Å². The van der Waals surface area contributed by atoms with Crippen LogP contribution >= 0.6 is 0 Å². The van der Waals surface area contributed by atoms with E-state index in [9.17, 15) is 4.79 Å². The molecule has 0 bridgehead atoms. The van der Waals surface area contributed by atoms with Crippen molar-refractivity contribution in [3.63, 3.8) is 0 Å². The van der Waals surface area contributed by atoms with Crippen LogP contribution in [0.5, 0.6) is 0 Å². The van der Waals surface area contributed by atoms with E-state index >= 15 is 0 Å². The first-order chi connectivity index (χ1) is 8.87. The van der Waals surface area contributed by atoms with Crippen LogP contribution in [0.1, 0.15) is 33.6 Å². The first kappa shape index (κ1) is 16.2. The first-order valence-corrected chi connectivity index (χ1v) is 7.24. The van der Waals surface area contributed by atoms with Crippen LogP contribution in [0.4, 0.5) is 4.79 Å². The Bertz CT molecular complexity index is 276. The van der Waals surface area contributed by atoms with Gasteiger partial charge in [0.25, 0.3) is 0 Å². The van der Waals surface area contributed by atoms with E-state index in [4.69, 9.17) is 4.74 Å². The molecule has 1 fully saturated rings. The highest BCUT2D eigenvalue weighted by Crippen LogP contribution is 2.06. The molecule has 1 amide bonds.